The number of aromatic amines is 1. The predicted octanol–water partition coefficient (Wildman–Crippen LogP) is -0.790. The number of nitrogen functional groups attached to an aromatic ring is 1. The van der Waals surface area contributed by atoms with Crippen molar-refractivity contribution in [1.82, 2.24) is 19.5 Å². The van der Waals surface area contributed by atoms with Crippen LogP contribution >= 0.6 is 20.0 Å². The molecule has 0 amide bonds. The van der Waals surface area contributed by atoms with Crippen LogP contribution in [0.5, 0.6) is 0 Å². The van der Waals surface area contributed by atoms with E-state index in [0.29, 0.717) is 0 Å². The maximum atomic E-state index is 12.1. The topological polar surface area (TPSA) is 192 Å². The summed E-state index contributed by atoms with van der Waals surface area (Å²) < 4.78 is 28.5. The second-order valence-corrected chi connectivity index (χ2v) is 7.57. The van der Waals surface area contributed by atoms with Gasteiger partial charge in [-0.2, -0.15) is 4.98 Å². The lowest BCUT2D eigenvalue weighted by Gasteiger charge is -2.18. The largest absolute Gasteiger partial charge is 0.697 e. The van der Waals surface area contributed by atoms with Gasteiger partial charge in [-0.3, -0.25) is 19.1 Å². The van der Waals surface area contributed by atoms with Gasteiger partial charge in [-0.05, 0) is 0 Å². The number of fused-ring (bicyclic) bond motifs is 2. The number of ether oxygens (including phenoxy) is 1. The Morgan fingerprint density at radius 2 is 2.26 bits per heavy atom. The molecular formula is C12H13N5O8PS+. The van der Waals surface area contributed by atoms with Gasteiger partial charge in [0.1, 0.15) is 18.8 Å². The van der Waals surface area contributed by atoms with Crippen molar-refractivity contribution < 1.29 is 33.4 Å². The molecule has 2 saturated heterocycles. The number of aliphatic carboxylic acids is 1. The molecule has 0 spiro atoms. The molecule has 0 aliphatic carbocycles. The molecule has 15 heteroatoms. The molecule has 4 rings (SSSR count). The smallest absolute Gasteiger partial charge is 0.481 e. The fraction of sp³-hybridized carbons (Fsp3) is 0.500. The van der Waals surface area contributed by atoms with Crippen LogP contribution in [-0.2, 0) is 23.1 Å². The van der Waals surface area contributed by atoms with E-state index in [1.54, 1.807) is 0 Å². The highest BCUT2D eigenvalue weighted by molar-refractivity contribution is 7.99. The van der Waals surface area contributed by atoms with Crippen molar-refractivity contribution in [3.05, 3.63) is 10.4 Å². The first-order chi connectivity index (χ1) is 12.8. The Morgan fingerprint density at radius 1 is 1.48 bits per heavy atom. The van der Waals surface area contributed by atoms with Gasteiger partial charge in [0.15, 0.2) is 28.7 Å². The number of aliphatic hydroxyl groups is 1. The third-order valence-corrected chi connectivity index (χ3v) is 5.69. The van der Waals surface area contributed by atoms with Gasteiger partial charge in [0, 0.05) is 4.57 Å². The summed E-state index contributed by atoms with van der Waals surface area (Å²) in [5.74, 6) is -1.64. The molecule has 2 aliphatic rings. The summed E-state index contributed by atoms with van der Waals surface area (Å²) in [5.41, 5.74) is 4.89. The number of nitrogens with one attached hydrogen (secondary N) is 1. The summed E-state index contributed by atoms with van der Waals surface area (Å²) in [6.45, 7) is -0.0617. The van der Waals surface area contributed by atoms with Crippen LogP contribution in [0.4, 0.5) is 5.95 Å². The van der Waals surface area contributed by atoms with Crippen LogP contribution in [-0.4, -0.2) is 66.4 Å². The fourth-order valence-electron chi connectivity index (χ4n) is 2.90. The summed E-state index contributed by atoms with van der Waals surface area (Å²) in [6.07, 6.45) is -4.06. The Bertz CT molecular complexity index is 994. The van der Waals surface area contributed by atoms with Gasteiger partial charge in [-0.25, -0.2) is 4.98 Å². The average molecular weight is 418 g/mol. The van der Waals surface area contributed by atoms with Gasteiger partial charge < -0.3 is 20.7 Å². The highest BCUT2D eigenvalue weighted by Crippen LogP contribution is 2.44. The molecule has 27 heavy (non-hydrogen) atoms. The monoisotopic (exact) mass is 418 g/mol. The third-order valence-electron chi connectivity index (χ3n) is 3.98. The zero-order valence-electron chi connectivity index (χ0n) is 13.3. The number of rotatable bonds is 4. The van der Waals surface area contributed by atoms with Crippen LogP contribution in [0.25, 0.3) is 11.2 Å². The van der Waals surface area contributed by atoms with Crippen LogP contribution < -0.4 is 11.3 Å². The number of hydrogen-bond acceptors (Lipinski definition) is 11. The number of anilines is 1. The van der Waals surface area contributed by atoms with E-state index in [4.69, 9.17) is 24.6 Å². The van der Waals surface area contributed by atoms with Gasteiger partial charge >= 0.3 is 14.2 Å². The highest BCUT2D eigenvalue weighted by Gasteiger charge is 2.55. The molecule has 2 fully saturated rings. The van der Waals surface area contributed by atoms with E-state index < -0.39 is 44.3 Å². The van der Waals surface area contributed by atoms with Gasteiger partial charge in [-0.1, -0.05) is 11.8 Å². The number of carboxylic acids is 1. The Hall–Kier alpha value is -2.09. The van der Waals surface area contributed by atoms with Gasteiger partial charge in [0.25, 0.3) is 5.56 Å². The molecule has 2 aliphatic heterocycles. The lowest BCUT2D eigenvalue weighted by molar-refractivity contribution is -0.133. The predicted molar refractivity (Wildman–Crippen MR) is 89.3 cm³/mol. The van der Waals surface area contributed by atoms with Gasteiger partial charge in [0.05, 0.1) is 5.75 Å². The molecule has 3 unspecified atom stereocenters. The fourth-order valence-corrected chi connectivity index (χ4v) is 4.43. The van der Waals surface area contributed by atoms with Crippen LogP contribution in [0.3, 0.4) is 0 Å². The molecule has 0 bridgehead atoms. The number of carboxylic acid groups (broad SMARTS) is 1. The molecule has 144 valence electrons. The zero-order valence-corrected chi connectivity index (χ0v) is 15.1. The Kier molecular flexibility index (Phi) is 4.61. The van der Waals surface area contributed by atoms with Gasteiger partial charge in [-0.15, -0.1) is 9.05 Å². The molecule has 0 saturated carbocycles. The summed E-state index contributed by atoms with van der Waals surface area (Å²) in [5, 5.41) is 19.7. The van der Waals surface area contributed by atoms with Crippen molar-refractivity contribution in [3.63, 3.8) is 0 Å². The Balaban J connectivity index is 1.81. The number of thioether (sulfide) groups is 1. The lowest BCUT2D eigenvalue weighted by Crippen LogP contribution is -2.37. The van der Waals surface area contributed by atoms with Crippen LogP contribution in [0.15, 0.2) is 9.95 Å². The van der Waals surface area contributed by atoms with E-state index in [0.717, 1.165) is 11.8 Å². The molecule has 2 aromatic heterocycles. The van der Waals surface area contributed by atoms with Crippen LogP contribution in [0, 0.1) is 0 Å². The van der Waals surface area contributed by atoms with Crippen molar-refractivity contribution in [2.75, 3.05) is 18.1 Å². The molecule has 4 heterocycles. The van der Waals surface area contributed by atoms with Crippen molar-refractivity contribution in [3.8, 4) is 0 Å². The lowest BCUT2D eigenvalue weighted by atomic mass is 10.1. The molecule has 5 atom stereocenters. The van der Waals surface area contributed by atoms with E-state index in [9.17, 15) is 19.3 Å². The standard InChI is InChI=1S/C12H12N5O8PS/c13-11-15-8-5(9(21)16-11)14-12(27-2-4(18)19)17(8)10-6(20)7-3(24-10)1-23-26(22)25-7/h3,6-7,10,20H,1-2H2,(H3-,13,15,16,18,19,21)/p+1/t3?,6?,7-,10-/m1/s1. The molecular weight excluding hydrogens is 405 g/mol. The minimum absolute atomic E-state index is 0.0112. The van der Waals surface area contributed by atoms with E-state index in [-0.39, 0.29) is 34.6 Å². The number of imidazole rings is 1. The molecule has 0 aromatic carbocycles. The first-order valence-corrected chi connectivity index (χ1v) is 9.66. The van der Waals surface area contributed by atoms with Crippen LogP contribution in [0.2, 0.25) is 0 Å². The Morgan fingerprint density at radius 3 is 3.00 bits per heavy atom. The maximum absolute atomic E-state index is 12.1. The van der Waals surface area contributed by atoms with E-state index in [2.05, 4.69) is 15.0 Å². The first-order valence-electron chi connectivity index (χ1n) is 7.58. The zero-order chi connectivity index (χ0) is 19.3. The number of nitrogens with zero attached hydrogens (tertiary/aromatic N) is 3. The molecule has 13 nitrogen and oxygen atoms in total. The van der Waals surface area contributed by atoms with E-state index in [1.807, 2.05) is 0 Å². The van der Waals surface area contributed by atoms with Crippen molar-refractivity contribution in [2.24, 2.45) is 0 Å². The Labute approximate surface area is 154 Å². The third kappa shape index (κ3) is 3.20. The van der Waals surface area contributed by atoms with Crippen molar-refractivity contribution >= 4 is 43.1 Å². The highest BCUT2D eigenvalue weighted by atomic mass is 32.2. The number of carbonyl (C=O) groups is 1. The molecule has 0 radical (unpaired) electrons. The minimum atomic E-state index is -2.38. The quantitative estimate of drug-likeness (QED) is 0.358. The normalized spacial score (nSPS) is 29.1. The summed E-state index contributed by atoms with van der Waals surface area (Å²) in [7, 11) is -2.38. The maximum Gasteiger partial charge on any atom is 0.697 e. The SMILES string of the molecule is Nc1nc2c(nc(SCC(=O)O)n2[C@@H]2OC3CO[P+](=O)O[C@H]3C2O)c(=O)[nH]1. The summed E-state index contributed by atoms with van der Waals surface area (Å²) >= 11 is 0.816. The van der Waals surface area contributed by atoms with Gasteiger partial charge in [0.2, 0.25) is 5.95 Å². The molecule has 2 aromatic rings. The number of aliphatic hydroxyl groups excluding tert-OH is 1. The second kappa shape index (κ2) is 6.82. The minimum Gasteiger partial charge on any atom is -0.481 e. The van der Waals surface area contributed by atoms with Crippen LogP contribution in [0.1, 0.15) is 6.23 Å². The summed E-state index contributed by atoms with van der Waals surface area (Å²) in [4.78, 5) is 33.5. The number of hydrogen-bond donors (Lipinski definition) is 4. The average Bonchev–Trinajstić information content (AvgIpc) is 3.11. The van der Waals surface area contributed by atoms with E-state index in [1.165, 1.54) is 4.57 Å². The number of nitrogens with two attached hydrogens (primary N) is 1. The molecule has 5 N–H and O–H groups in total. The second-order valence-electron chi connectivity index (χ2n) is 5.72. The van der Waals surface area contributed by atoms with Crippen molar-refractivity contribution in [1.29, 1.82) is 0 Å². The number of aromatic nitrogens is 4. The van der Waals surface area contributed by atoms with E-state index >= 15 is 0 Å². The van der Waals surface area contributed by atoms with Crippen molar-refractivity contribution in [2.45, 2.75) is 29.7 Å². The number of H-pyrrole nitrogens is 1. The summed E-state index contributed by atoms with van der Waals surface area (Å²) in [6, 6.07) is 0. The first kappa shape index (κ1) is 18.3.